The van der Waals surface area contributed by atoms with Crippen LogP contribution in [0, 0.1) is 0 Å². The standard InChI is InChI=1S/C10H17N3S/c1-8-5-11-6-9(2)13(8)7-10-12-3-4-14-10/h3-4,8-9,11H,5-7H2,1-2H3/t8-,9+. The van der Waals surface area contributed by atoms with Crippen molar-refractivity contribution in [3.63, 3.8) is 0 Å². The number of rotatable bonds is 2. The van der Waals surface area contributed by atoms with Crippen LogP contribution in [-0.2, 0) is 6.54 Å². The molecular weight excluding hydrogens is 194 g/mol. The average molecular weight is 211 g/mol. The van der Waals surface area contributed by atoms with E-state index < -0.39 is 0 Å². The second kappa shape index (κ2) is 4.38. The topological polar surface area (TPSA) is 28.2 Å². The highest BCUT2D eigenvalue weighted by atomic mass is 32.1. The molecule has 1 aromatic heterocycles. The Labute approximate surface area is 89.1 Å². The fourth-order valence-electron chi connectivity index (χ4n) is 1.97. The van der Waals surface area contributed by atoms with Crippen molar-refractivity contribution < 1.29 is 0 Å². The molecule has 0 spiro atoms. The minimum Gasteiger partial charge on any atom is -0.314 e. The lowest BCUT2D eigenvalue weighted by atomic mass is 10.1. The lowest BCUT2D eigenvalue weighted by Crippen LogP contribution is -2.54. The summed E-state index contributed by atoms with van der Waals surface area (Å²) in [7, 11) is 0. The molecule has 0 amide bonds. The van der Waals surface area contributed by atoms with Crippen LogP contribution in [0.2, 0.25) is 0 Å². The Bertz CT molecular complexity index is 263. The van der Waals surface area contributed by atoms with E-state index >= 15 is 0 Å². The van der Waals surface area contributed by atoms with Gasteiger partial charge in [0.25, 0.3) is 0 Å². The highest BCUT2D eigenvalue weighted by Gasteiger charge is 2.24. The molecule has 1 saturated heterocycles. The van der Waals surface area contributed by atoms with Gasteiger partial charge in [0, 0.05) is 36.8 Å². The second-order valence-electron chi connectivity index (χ2n) is 3.95. The lowest BCUT2D eigenvalue weighted by Gasteiger charge is -2.38. The largest absolute Gasteiger partial charge is 0.314 e. The number of hydrogen-bond acceptors (Lipinski definition) is 4. The molecule has 0 radical (unpaired) electrons. The molecule has 0 bridgehead atoms. The molecule has 2 heterocycles. The van der Waals surface area contributed by atoms with Gasteiger partial charge >= 0.3 is 0 Å². The van der Waals surface area contributed by atoms with Crippen LogP contribution >= 0.6 is 11.3 Å². The summed E-state index contributed by atoms with van der Waals surface area (Å²) in [5.41, 5.74) is 0. The van der Waals surface area contributed by atoms with Gasteiger partial charge in [-0.2, -0.15) is 0 Å². The summed E-state index contributed by atoms with van der Waals surface area (Å²) < 4.78 is 0. The second-order valence-corrected chi connectivity index (χ2v) is 4.93. The van der Waals surface area contributed by atoms with E-state index in [9.17, 15) is 0 Å². The zero-order valence-electron chi connectivity index (χ0n) is 8.73. The van der Waals surface area contributed by atoms with E-state index in [1.807, 2.05) is 11.6 Å². The molecule has 0 unspecified atom stereocenters. The molecule has 0 aliphatic carbocycles. The summed E-state index contributed by atoms with van der Waals surface area (Å²) in [5.74, 6) is 0. The fourth-order valence-corrected chi connectivity index (χ4v) is 2.59. The highest BCUT2D eigenvalue weighted by molar-refractivity contribution is 7.09. The predicted octanol–water partition coefficient (Wildman–Crippen LogP) is 1.33. The number of aromatic nitrogens is 1. The van der Waals surface area contributed by atoms with Crippen molar-refractivity contribution in [2.24, 2.45) is 0 Å². The van der Waals surface area contributed by atoms with Gasteiger partial charge in [-0.15, -0.1) is 11.3 Å². The summed E-state index contributed by atoms with van der Waals surface area (Å²) in [4.78, 5) is 6.86. The van der Waals surface area contributed by atoms with E-state index in [0.29, 0.717) is 12.1 Å². The first kappa shape index (κ1) is 10.1. The monoisotopic (exact) mass is 211 g/mol. The average Bonchev–Trinajstić information content (AvgIpc) is 2.64. The zero-order chi connectivity index (χ0) is 9.97. The first-order valence-corrected chi connectivity index (χ1v) is 6.00. The van der Waals surface area contributed by atoms with Crippen molar-refractivity contribution in [1.82, 2.24) is 15.2 Å². The van der Waals surface area contributed by atoms with Gasteiger partial charge in [0.2, 0.25) is 0 Å². The highest BCUT2D eigenvalue weighted by Crippen LogP contribution is 2.15. The van der Waals surface area contributed by atoms with Crippen LogP contribution in [0.5, 0.6) is 0 Å². The summed E-state index contributed by atoms with van der Waals surface area (Å²) in [6, 6.07) is 1.23. The quantitative estimate of drug-likeness (QED) is 0.800. The van der Waals surface area contributed by atoms with Gasteiger partial charge in [0.15, 0.2) is 0 Å². The van der Waals surface area contributed by atoms with Crippen molar-refractivity contribution in [2.75, 3.05) is 13.1 Å². The first-order chi connectivity index (χ1) is 6.77. The van der Waals surface area contributed by atoms with E-state index in [1.165, 1.54) is 5.01 Å². The first-order valence-electron chi connectivity index (χ1n) is 5.12. The molecule has 78 valence electrons. The van der Waals surface area contributed by atoms with Gasteiger partial charge in [-0.25, -0.2) is 4.98 Å². The van der Waals surface area contributed by atoms with E-state index in [0.717, 1.165) is 19.6 Å². The molecule has 4 heteroatoms. The summed E-state index contributed by atoms with van der Waals surface area (Å²) in [6.07, 6.45) is 1.89. The van der Waals surface area contributed by atoms with Gasteiger partial charge in [0.05, 0.1) is 6.54 Å². The maximum Gasteiger partial charge on any atom is 0.107 e. The van der Waals surface area contributed by atoms with Crippen LogP contribution in [0.15, 0.2) is 11.6 Å². The minimum absolute atomic E-state index is 0.614. The Hall–Kier alpha value is -0.450. The van der Waals surface area contributed by atoms with E-state index in [1.54, 1.807) is 11.3 Å². The third-order valence-electron chi connectivity index (χ3n) is 2.81. The Balaban J connectivity index is 2.01. The van der Waals surface area contributed by atoms with Crippen molar-refractivity contribution in [2.45, 2.75) is 32.5 Å². The Morgan fingerprint density at radius 2 is 2.21 bits per heavy atom. The third-order valence-corrected chi connectivity index (χ3v) is 3.58. The molecule has 14 heavy (non-hydrogen) atoms. The van der Waals surface area contributed by atoms with Crippen LogP contribution in [-0.4, -0.2) is 35.1 Å². The Kier molecular flexibility index (Phi) is 3.15. The van der Waals surface area contributed by atoms with Gasteiger partial charge in [-0.3, -0.25) is 4.90 Å². The molecule has 1 aliphatic rings. The molecule has 1 fully saturated rings. The molecule has 3 nitrogen and oxygen atoms in total. The predicted molar refractivity (Wildman–Crippen MR) is 59.5 cm³/mol. The van der Waals surface area contributed by atoms with Crippen LogP contribution in [0.1, 0.15) is 18.9 Å². The zero-order valence-corrected chi connectivity index (χ0v) is 9.55. The van der Waals surface area contributed by atoms with Crippen molar-refractivity contribution in [3.8, 4) is 0 Å². The Morgan fingerprint density at radius 3 is 2.79 bits per heavy atom. The van der Waals surface area contributed by atoms with Crippen molar-refractivity contribution in [3.05, 3.63) is 16.6 Å². The summed E-state index contributed by atoms with van der Waals surface area (Å²) in [6.45, 7) is 7.74. The summed E-state index contributed by atoms with van der Waals surface area (Å²) in [5, 5.41) is 6.71. The number of nitrogens with one attached hydrogen (secondary N) is 1. The lowest BCUT2D eigenvalue weighted by molar-refractivity contribution is 0.108. The van der Waals surface area contributed by atoms with Crippen LogP contribution in [0.25, 0.3) is 0 Å². The van der Waals surface area contributed by atoms with E-state index in [2.05, 4.69) is 29.0 Å². The molecule has 1 aliphatic heterocycles. The van der Waals surface area contributed by atoms with E-state index in [4.69, 9.17) is 0 Å². The van der Waals surface area contributed by atoms with Gasteiger partial charge < -0.3 is 5.32 Å². The van der Waals surface area contributed by atoms with Crippen molar-refractivity contribution >= 4 is 11.3 Å². The van der Waals surface area contributed by atoms with Gasteiger partial charge in [0.1, 0.15) is 5.01 Å². The third kappa shape index (κ3) is 2.13. The maximum atomic E-state index is 4.34. The number of hydrogen-bond donors (Lipinski definition) is 1. The molecule has 2 rings (SSSR count). The molecule has 0 aromatic carbocycles. The minimum atomic E-state index is 0.614. The molecule has 1 aromatic rings. The van der Waals surface area contributed by atoms with Crippen molar-refractivity contribution in [1.29, 1.82) is 0 Å². The van der Waals surface area contributed by atoms with Crippen LogP contribution in [0.3, 0.4) is 0 Å². The van der Waals surface area contributed by atoms with Crippen LogP contribution < -0.4 is 5.32 Å². The maximum absolute atomic E-state index is 4.34. The van der Waals surface area contributed by atoms with Gasteiger partial charge in [-0.05, 0) is 13.8 Å². The SMILES string of the molecule is C[C@@H]1CNC[C@H](C)N1Cc1nccs1. The number of piperazine rings is 1. The molecule has 0 saturated carbocycles. The Morgan fingerprint density at radius 1 is 1.50 bits per heavy atom. The molecule has 2 atom stereocenters. The fraction of sp³-hybridized carbons (Fsp3) is 0.700. The smallest absolute Gasteiger partial charge is 0.107 e. The number of thiazole rings is 1. The normalized spacial score (nSPS) is 29.3. The van der Waals surface area contributed by atoms with Gasteiger partial charge in [-0.1, -0.05) is 0 Å². The van der Waals surface area contributed by atoms with E-state index in [-0.39, 0.29) is 0 Å². The summed E-state index contributed by atoms with van der Waals surface area (Å²) >= 11 is 1.75. The number of nitrogens with zero attached hydrogens (tertiary/aromatic N) is 2. The molecule has 1 N–H and O–H groups in total. The van der Waals surface area contributed by atoms with Crippen LogP contribution in [0.4, 0.5) is 0 Å². The molecular formula is C10H17N3S.